The van der Waals surface area contributed by atoms with Crippen LogP contribution in [0, 0.1) is 0 Å². The van der Waals surface area contributed by atoms with Gasteiger partial charge in [0.1, 0.15) is 5.52 Å². The number of hydrogen-bond acceptors (Lipinski definition) is 7. The van der Waals surface area contributed by atoms with Crippen molar-refractivity contribution in [3.8, 4) is 0 Å². The molecule has 1 saturated heterocycles. The summed E-state index contributed by atoms with van der Waals surface area (Å²) in [6.45, 7) is 8.65. The van der Waals surface area contributed by atoms with Gasteiger partial charge in [0.25, 0.3) is 5.56 Å². The van der Waals surface area contributed by atoms with Gasteiger partial charge in [-0.3, -0.25) is 24.7 Å². The number of pyridine rings is 1. The molecule has 0 spiro atoms. The highest BCUT2D eigenvalue weighted by Gasteiger charge is 2.36. The SMILES string of the molecule is CC[C@@H]1CN(n2cc3c(ccc(=O)n3CCO)n2)[C@@H](CC)CN1C(C)c1ccc2nccnc2c1. The fraction of sp³-hybridized carbons (Fsp3) is 0.462. The van der Waals surface area contributed by atoms with Crippen LogP contribution in [0.15, 0.2) is 53.7 Å². The molecule has 0 amide bonds. The summed E-state index contributed by atoms with van der Waals surface area (Å²) in [7, 11) is 0. The minimum Gasteiger partial charge on any atom is -0.395 e. The predicted molar refractivity (Wildman–Crippen MR) is 137 cm³/mol. The molecule has 0 radical (unpaired) electrons. The number of nitrogens with zero attached hydrogens (tertiary/aromatic N) is 7. The minimum absolute atomic E-state index is 0.0867. The first-order valence-electron chi connectivity index (χ1n) is 12.5. The van der Waals surface area contributed by atoms with Gasteiger partial charge in [0.05, 0.1) is 41.9 Å². The summed E-state index contributed by atoms with van der Waals surface area (Å²) in [5.41, 5.74) is 4.47. The van der Waals surface area contributed by atoms with Crippen LogP contribution in [-0.4, -0.2) is 66.2 Å². The van der Waals surface area contributed by atoms with Gasteiger partial charge in [-0.1, -0.05) is 19.9 Å². The van der Waals surface area contributed by atoms with Crippen LogP contribution >= 0.6 is 0 Å². The van der Waals surface area contributed by atoms with Crippen molar-refractivity contribution in [2.24, 2.45) is 0 Å². The Morgan fingerprint density at radius 1 is 1.00 bits per heavy atom. The van der Waals surface area contributed by atoms with Crippen molar-refractivity contribution in [2.45, 2.75) is 58.3 Å². The van der Waals surface area contributed by atoms with Crippen LogP contribution in [0.5, 0.6) is 0 Å². The zero-order chi connectivity index (χ0) is 24.5. The van der Waals surface area contributed by atoms with Crippen LogP contribution in [0.25, 0.3) is 22.1 Å². The van der Waals surface area contributed by atoms with E-state index in [-0.39, 0.29) is 30.8 Å². The van der Waals surface area contributed by atoms with Gasteiger partial charge in [-0.2, -0.15) is 9.89 Å². The van der Waals surface area contributed by atoms with E-state index in [1.165, 1.54) is 11.6 Å². The van der Waals surface area contributed by atoms with Crippen molar-refractivity contribution in [2.75, 3.05) is 24.7 Å². The number of benzene rings is 1. The van der Waals surface area contributed by atoms with Crippen LogP contribution in [-0.2, 0) is 6.54 Å². The molecular weight excluding hydrogens is 442 g/mol. The lowest BCUT2D eigenvalue weighted by Gasteiger charge is -2.49. The van der Waals surface area contributed by atoms with Gasteiger partial charge in [-0.15, -0.1) is 0 Å². The second kappa shape index (κ2) is 9.75. The topological polar surface area (TPSA) is 92.3 Å². The van der Waals surface area contributed by atoms with E-state index in [9.17, 15) is 9.90 Å². The molecule has 0 bridgehead atoms. The maximum atomic E-state index is 12.3. The number of piperazine rings is 1. The molecule has 9 heteroatoms. The molecule has 4 heterocycles. The first-order chi connectivity index (χ1) is 17.0. The van der Waals surface area contributed by atoms with Crippen LogP contribution in [0.2, 0.25) is 0 Å². The van der Waals surface area contributed by atoms with Crippen molar-refractivity contribution in [3.05, 3.63) is 64.8 Å². The second-order valence-electron chi connectivity index (χ2n) is 9.29. The summed E-state index contributed by atoms with van der Waals surface area (Å²) in [6, 6.07) is 10.5. The van der Waals surface area contributed by atoms with Gasteiger partial charge in [0.2, 0.25) is 0 Å². The Labute approximate surface area is 204 Å². The lowest BCUT2D eigenvalue weighted by atomic mass is 9.98. The Kier molecular flexibility index (Phi) is 6.53. The molecule has 9 nitrogen and oxygen atoms in total. The number of aromatic nitrogens is 5. The van der Waals surface area contributed by atoms with Gasteiger partial charge >= 0.3 is 0 Å². The smallest absolute Gasteiger partial charge is 0.251 e. The second-order valence-corrected chi connectivity index (χ2v) is 9.29. The van der Waals surface area contributed by atoms with E-state index in [1.54, 1.807) is 23.0 Å². The lowest BCUT2D eigenvalue weighted by molar-refractivity contribution is 0.0855. The normalized spacial score (nSPS) is 20.1. The van der Waals surface area contributed by atoms with Crippen molar-refractivity contribution < 1.29 is 5.11 Å². The molecule has 35 heavy (non-hydrogen) atoms. The number of aliphatic hydroxyl groups excluding tert-OH is 1. The summed E-state index contributed by atoms with van der Waals surface area (Å²) in [4.78, 5) is 25.8. The van der Waals surface area contributed by atoms with E-state index in [2.05, 4.69) is 58.8 Å². The maximum absolute atomic E-state index is 12.3. The number of aliphatic hydroxyl groups is 1. The van der Waals surface area contributed by atoms with Gasteiger partial charge in [0.15, 0.2) is 0 Å². The number of hydrogen-bond donors (Lipinski definition) is 1. The van der Waals surface area contributed by atoms with E-state index in [1.807, 2.05) is 11.0 Å². The molecule has 1 aliphatic rings. The Morgan fingerprint density at radius 2 is 1.74 bits per heavy atom. The van der Waals surface area contributed by atoms with E-state index < -0.39 is 0 Å². The highest BCUT2D eigenvalue weighted by atomic mass is 16.3. The first kappa shape index (κ1) is 23.4. The first-order valence-corrected chi connectivity index (χ1v) is 12.5. The summed E-state index contributed by atoms with van der Waals surface area (Å²) in [5.74, 6) is 0. The summed E-state index contributed by atoms with van der Waals surface area (Å²) < 4.78 is 1.60. The van der Waals surface area contributed by atoms with Gasteiger partial charge in [-0.25, -0.2) is 0 Å². The molecule has 4 aromatic rings. The Bertz CT molecular complexity index is 1380. The standard InChI is InChI=1S/C26H33N7O2/c1-4-20-16-32(33-17-25-23(29-33)8-9-26(35)30(25)12-13-34)21(5-2)15-31(20)18(3)19-6-7-22-24(14-19)28-11-10-27-22/h6-11,14,17-18,20-21,34H,4-5,12-13,15-16H2,1-3H3/t18?,20-,21+/m1/s1. The predicted octanol–water partition coefficient (Wildman–Crippen LogP) is 2.71. The largest absolute Gasteiger partial charge is 0.395 e. The quantitative estimate of drug-likeness (QED) is 0.439. The van der Waals surface area contributed by atoms with Crippen LogP contribution in [0.3, 0.4) is 0 Å². The highest BCUT2D eigenvalue weighted by molar-refractivity contribution is 5.75. The molecule has 1 unspecified atom stereocenters. The van der Waals surface area contributed by atoms with E-state index >= 15 is 0 Å². The number of fused-ring (bicyclic) bond motifs is 2. The highest BCUT2D eigenvalue weighted by Crippen LogP contribution is 2.30. The zero-order valence-corrected chi connectivity index (χ0v) is 20.6. The van der Waals surface area contributed by atoms with E-state index in [0.29, 0.717) is 6.04 Å². The minimum atomic E-state index is -0.122. The molecule has 3 atom stereocenters. The third kappa shape index (κ3) is 4.30. The Morgan fingerprint density at radius 3 is 2.49 bits per heavy atom. The fourth-order valence-electron chi connectivity index (χ4n) is 5.33. The van der Waals surface area contributed by atoms with Gasteiger partial charge in [-0.05, 0) is 43.5 Å². The van der Waals surface area contributed by atoms with Crippen LogP contribution < -0.4 is 10.6 Å². The average molecular weight is 476 g/mol. The third-order valence-corrected chi connectivity index (χ3v) is 7.36. The third-order valence-electron chi connectivity index (χ3n) is 7.36. The van der Waals surface area contributed by atoms with Gasteiger partial charge < -0.3 is 9.67 Å². The molecule has 3 aromatic heterocycles. The maximum Gasteiger partial charge on any atom is 0.251 e. The summed E-state index contributed by atoms with van der Waals surface area (Å²) in [6.07, 6.45) is 7.39. The molecule has 5 rings (SSSR count). The molecular formula is C26H33N7O2. The molecule has 0 saturated carbocycles. The van der Waals surface area contributed by atoms with Crippen molar-refractivity contribution in [1.29, 1.82) is 0 Å². The van der Waals surface area contributed by atoms with Crippen molar-refractivity contribution in [1.82, 2.24) is 29.3 Å². The van der Waals surface area contributed by atoms with E-state index in [0.717, 1.165) is 48.0 Å². The molecule has 1 fully saturated rings. The van der Waals surface area contributed by atoms with Crippen LogP contribution in [0.1, 0.15) is 45.2 Å². The van der Waals surface area contributed by atoms with Crippen molar-refractivity contribution >= 4 is 22.1 Å². The zero-order valence-electron chi connectivity index (χ0n) is 20.6. The fourth-order valence-corrected chi connectivity index (χ4v) is 5.33. The molecule has 1 N–H and O–H groups in total. The van der Waals surface area contributed by atoms with E-state index in [4.69, 9.17) is 5.10 Å². The monoisotopic (exact) mass is 475 g/mol. The van der Waals surface area contributed by atoms with Gasteiger partial charge in [0, 0.05) is 43.6 Å². The molecule has 184 valence electrons. The number of rotatable bonds is 7. The molecule has 1 aliphatic heterocycles. The molecule has 0 aliphatic carbocycles. The Hall–Kier alpha value is -3.30. The Balaban J connectivity index is 1.45. The summed E-state index contributed by atoms with van der Waals surface area (Å²) in [5, 5.41) is 16.6. The van der Waals surface area contributed by atoms with Crippen LogP contribution in [0.4, 0.5) is 0 Å². The molecule has 1 aromatic carbocycles. The lowest BCUT2D eigenvalue weighted by Crippen LogP contribution is -2.62. The van der Waals surface area contributed by atoms with Crippen molar-refractivity contribution in [3.63, 3.8) is 0 Å². The average Bonchev–Trinajstić information content (AvgIpc) is 3.33. The summed E-state index contributed by atoms with van der Waals surface area (Å²) >= 11 is 0.